The lowest BCUT2D eigenvalue weighted by atomic mass is 10.1. The third kappa shape index (κ3) is 1.32. The van der Waals surface area contributed by atoms with Crippen molar-refractivity contribution in [1.82, 2.24) is 0 Å². The van der Waals surface area contributed by atoms with Crippen LogP contribution in [0.25, 0.3) is 0 Å². The van der Waals surface area contributed by atoms with Crippen LogP contribution in [0.2, 0.25) is 0 Å². The number of hydrogen-bond acceptors (Lipinski definition) is 4. The Hall–Kier alpha value is -0.350. The molecule has 0 amide bonds. The van der Waals surface area contributed by atoms with Crippen LogP contribution in [0.15, 0.2) is 9.98 Å². The molecule has 2 aliphatic heterocycles. The van der Waals surface area contributed by atoms with E-state index in [-0.39, 0.29) is 6.04 Å². The van der Waals surface area contributed by atoms with Gasteiger partial charge in [-0.2, -0.15) is 0 Å². The van der Waals surface area contributed by atoms with Gasteiger partial charge in [0.05, 0.1) is 22.9 Å². The van der Waals surface area contributed by atoms with E-state index < -0.39 is 0 Å². The zero-order valence-corrected chi connectivity index (χ0v) is 7.00. The van der Waals surface area contributed by atoms with Gasteiger partial charge in [0.25, 0.3) is 0 Å². The largest absolute Gasteiger partial charge is 0.322 e. The maximum atomic E-state index is 5.87. The average molecular weight is 169 g/mol. The highest BCUT2D eigenvalue weighted by molar-refractivity contribution is 8.13. The van der Waals surface area contributed by atoms with Crippen molar-refractivity contribution in [2.75, 3.05) is 6.54 Å². The summed E-state index contributed by atoms with van der Waals surface area (Å²) in [5.41, 5.74) is 7.79. The highest BCUT2D eigenvalue weighted by atomic mass is 32.2. The summed E-state index contributed by atoms with van der Waals surface area (Å²) in [6.45, 7) is 0.882. The van der Waals surface area contributed by atoms with E-state index in [1.807, 2.05) is 11.8 Å². The molecule has 3 nitrogen and oxygen atoms in total. The summed E-state index contributed by atoms with van der Waals surface area (Å²) in [4.78, 5) is 8.54. The van der Waals surface area contributed by atoms with Gasteiger partial charge in [-0.15, -0.1) is 11.8 Å². The Morgan fingerprint density at radius 2 is 2.45 bits per heavy atom. The molecule has 2 rings (SSSR count). The first kappa shape index (κ1) is 7.31. The fourth-order valence-corrected chi connectivity index (χ4v) is 2.44. The van der Waals surface area contributed by atoms with Crippen LogP contribution in [0.1, 0.15) is 6.42 Å². The van der Waals surface area contributed by atoms with Crippen molar-refractivity contribution >= 4 is 23.5 Å². The first-order valence-corrected chi connectivity index (χ1v) is 4.75. The van der Waals surface area contributed by atoms with Gasteiger partial charge in [-0.3, -0.25) is 9.98 Å². The normalized spacial score (nSPS) is 42.1. The Morgan fingerprint density at radius 1 is 1.55 bits per heavy atom. The molecule has 60 valence electrons. The minimum Gasteiger partial charge on any atom is -0.322 e. The lowest BCUT2D eigenvalue weighted by Crippen LogP contribution is -2.38. The third-order valence-electron chi connectivity index (χ3n) is 2.06. The molecule has 0 bridgehead atoms. The summed E-state index contributed by atoms with van der Waals surface area (Å²) < 4.78 is 0. The monoisotopic (exact) mass is 169 g/mol. The molecule has 3 atom stereocenters. The zero-order valence-electron chi connectivity index (χ0n) is 6.18. The van der Waals surface area contributed by atoms with Gasteiger partial charge in [0.2, 0.25) is 0 Å². The summed E-state index contributed by atoms with van der Waals surface area (Å²) >= 11 is 1.74. The Balaban J connectivity index is 2.13. The molecular weight excluding hydrogens is 158 g/mol. The Kier molecular flexibility index (Phi) is 1.96. The molecule has 0 aromatic rings. The maximum absolute atomic E-state index is 5.87. The predicted octanol–water partition coefficient (Wildman–Crippen LogP) is 0.300. The molecule has 2 N–H and O–H groups in total. The second-order valence-electron chi connectivity index (χ2n) is 2.84. The van der Waals surface area contributed by atoms with E-state index in [2.05, 4.69) is 9.98 Å². The number of aliphatic imine (C=N–C) groups is 2. The average Bonchev–Trinajstić information content (AvgIpc) is 2.40. The van der Waals surface area contributed by atoms with Crippen LogP contribution in [0.3, 0.4) is 0 Å². The number of nitrogens with two attached hydrogens (primary N) is 1. The van der Waals surface area contributed by atoms with E-state index in [0.717, 1.165) is 13.0 Å². The lowest BCUT2D eigenvalue weighted by Gasteiger charge is -2.17. The molecule has 0 aromatic carbocycles. The van der Waals surface area contributed by atoms with E-state index >= 15 is 0 Å². The summed E-state index contributed by atoms with van der Waals surface area (Å²) in [6.07, 6.45) is 2.92. The first-order chi connectivity index (χ1) is 5.38. The highest BCUT2D eigenvalue weighted by Gasteiger charge is 2.30. The van der Waals surface area contributed by atoms with E-state index in [0.29, 0.717) is 11.3 Å². The van der Waals surface area contributed by atoms with Crippen molar-refractivity contribution in [3.05, 3.63) is 0 Å². The SMILES string of the molecule is NC1C=NCCC2N=CSC12. The lowest BCUT2D eigenvalue weighted by molar-refractivity contribution is 0.603. The van der Waals surface area contributed by atoms with Crippen molar-refractivity contribution in [3.63, 3.8) is 0 Å². The van der Waals surface area contributed by atoms with Gasteiger partial charge < -0.3 is 5.73 Å². The summed E-state index contributed by atoms with van der Waals surface area (Å²) in [5, 5.41) is 0.446. The number of fused-ring (bicyclic) bond motifs is 1. The van der Waals surface area contributed by atoms with E-state index in [1.165, 1.54) is 0 Å². The van der Waals surface area contributed by atoms with E-state index in [9.17, 15) is 0 Å². The minimum atomic E-state index is 0.0926. The second kappa shape index (κ2) is 2.95. The quantitative estimate of drug-likeness (QED) is 0.567. The van der Waals surface area contributed by atoms with Crippen LogP contribution in [-0.4, -0.2) is 35.6 Å². The molecule has 0 spiro atoms. The molecule has 0 aromatic heterocycles. The van der Waals surface area contributed by atoms with Crippen molar-refractivity contribution in [3.8, 4) is 0 Å². The number of rotatable bonds is 0. The molecule has 11 heavy (non-hydrogen) atoms. The van der Waals surface area contributed by atoms with Crippen LogP contribution in [0.4, 0.5) is 0 Å². The molecule has 3 unspecified atom stereocenters. The molecule has 0 fully saturated rings. The zero-order chi connectivity index (χ0) is 7.68. The molecular formula is C7H11N3S. The summed E-state index contributed by atoms with van der Waals surface area (Å²) in [5.74, 6) is 0. The van der Waals surface area contributed by atoms with Gasteiger partial charge >= 0.3 is 0 Å². The summed E-state index contributed by atoms with van der Waals surface area (Å²) in [7, 11) is 0. The second-order valence-corrected chi connectivity index (χ2v) is 3.87. The number of hydrogen-bond donors (Lipinski definition) is 1. The predicted molar refractivity (Wildman–Crippen MR) is 49.6 cm³/mol. The minimum absolute atomic E-state index is 0.0926. The molecule has 0 radical (unpaired) electrons. The fraction of sp³-hybridized carbons (Fsp3) is 0.714. The van der Waals surface area contributed by atoms with Crippen molar-refractivity contribution in [2.24, 2.45) is 15.7 Å². The highest BCUT2D eigenvalue weighted by Crippen LogP contribution is 2.27. The molecule has 0 aliphatic carbocycles. The van der Waals surface area contributed by atoms with Gasteiger partial charge in [0.1, 0.15) is 0 Å². The molecule has 2 aliphatic rings. The molecule has 2 heterocycles. The maximum Gasteiger partial charge on any atom is 0.0664 e. The van der Waals surface area contributed by atoms with E-state index in [1.54, 1.807) is 11.8 Å². The number of nitrogens with zero attached hydrogens (tertiary/aromatic N) is 2. The Morgan fingerprint density at radius 3 is 3.36 bits per heavy atom. The third-order valence-corrected chi connectivity index (χ3v) is 3.25. The summed E-state index contributed by atoms with van der Waals surface area (Å²) in [6, 6.07) is 0.507. The van der Waals surface area contributed by atoms with Crippen LogP contribution < -0.4 is 5.73 Å². The molecule has 0 saturated carbocycles. The van der Waals surface area contributed by atoms with Crippen LogP contribution in [0, 0.1) is 0 Å². The standard InChI is InChI=1S/C7H11N3S/c8-5-3-9-2-1-6-7(5)11-4-10-6/h3-7H,1-2,8H2. The molecule has 0 saturated heterocycles. The first-order valence-electron chi connectivity index (χ1n) is 3.80. The van der Waals surface area contributed by atoms with Crippen molar-refractivity contribution in [1.29, 1.82) is 0 Å². The number of thioether (sulfide) groups is 1. The Labute approximate surface area is 70.2 Å². The van der Waals surface area contributed by atoms with Gasteiger partial charge in [0.15, 0.2) is 0 Å². The van der Waals surface area contributed by atoms with Crippen LogP contribution in [-0.2, 0) is 0 Å². The Bertz CT molecular complexity index is 202. The van der Waals surface area contributed by atoms with Crippen LogP contribution >= 0.6 is 11.8 Å². The van der Waals surface area contributed by atoms with Gasteiger partial charge in [0, 0.05) is 12.8 Å². The topological polar surface area (TPSA) is 50.7 Å². The van der Waals surface area contributed by atoms with Crippen molar-refractivity contribution < 1.29 is 0 Å². The van der Waals surface area contributed by atoms with Gasteiger partial charge in [-0.25, -0.2) is 0 Å². The van der Waals surface area contributed by atoms with Gasteiger partial charge in [-0.1, -0.05) is 0 Å². The molecule has 4 heteroatoms. The van der Waals surface area contributed by atoms with Crippen molar-refractivity contribution in [2.45, 2.75) is 23.8 Å². The smallest absolute Gasteiger partial charge is 0.0664 e. The van der Waals surface area contributed by atoms with E-state index in [4.69, 9.17) is 5.73 Å². The fourth-order valence-electron chi connectivity index (χ4n) is 1.43. The van der Waals surface area contributed by atoms with Crippen LogP contribution in [0.5, 0.6) is 0 Å². The van der Waals surface area contributed by atoms with Gasteiger partial charge in [-0.05, 0) is 6.42 Å².